The van der Waals surface area contributed by atoms with Gasteiger partial charge in [-0.3, -0.25) is 0 Å². The molecule has 1 aromatic heterocycles. The summed E-state index contributed by atoms with van der Waals surface area (Å²) in [5.74, 6) is 0.700. The Labute approximate surface area is 116 Å². The maximum Gasteiger partial charge on any atom is 0.123 e. The number of benzene rings is 2. The van der Waals surface area contributed by atoms with Crippen molar-refractivity contribution in [3.05, 3.63) is 65.2 Å². The van der Waals surface area contributed by atoms with E-state index in [1.54, 1.807) is 12.1 Å². The van der Waals surface area contributed by atoms with Crippen LogP contribution in [-0.2, 0) is 20.0 Å². The largest absolute Gasteiger partial charge is 0.331 e. The highest BCUT2D eigenvalue weighted by molar-refractivity contribution is 5.77. The summed E-state index contributed by atoms with van der Waals surface area (Å²) in [6, 6.07) is 12.6. The van der Waals surface area contributed by atoms with E-state index < -0.39 is 0 Å². The topological polar surface area (TPSA) is 43.8 Å². The molecule has 0 unspecified atom stereocenters. The van der Waals surface area contributed by atoms with E-state index in [1.165, 1.54) is 6.07 Å². The molecule has 3 rings (SSSR count). The Morgan fingerprint density at radius 3 is 2.75 bits per heavy atom. The van der Waals surface area contributed by atoms with Crippen LogP contribution < -0.4 is 5.73 Å². The van der Waals surface area contributed by atoms with E-state index in [0.29, 0.717) is 13.0 Å². The van der Waals surface area contributed by atoms with Crippen molar-refractivity contribution >= 4 is 11.0 Å². The van der Waals surface area contributed by atoms with Gasteiger partial charge in [-0.15, -0.1) is 0 Å². The van der Waals surface area contributed by atoms with Crippen molar-refractivity contribution in [3.63, 3.8) is 0 Å². The molecule has 0 amide bonds. The molecule has 0 aliphatic rings. The normalized spacial score (nSPS) is 11.2. The van der Waals surface area contributed by atoms with E-state index >= 15 is 0 Å². The van der Waals surface area contributed by atoms with Gasteiger partial charge >= 0.3 is 0 Å². The summed E-state index contributed by atoms with van der Waals surface area (Å²) in [6.45, 7) is 0.514. The van der Waals surface area contributed by atoms with Crippen LogP contribution >= 0.6 is 0 Å². The van der Waals surface area contributed by atoms with Crippen molar-refractivity contribution in [2.75, 3.05) is 0 Å². The van der Waals surface area contributed by atoms with Crippen LogP contribution in [0.1, 0.15) is 17.0 Å². The Bertz CT molecular complexity index is 762. The van der Waals surface area contributed by atoms with Crippen molar-refractivity contribution in [1.29, 1.82) is 0 Å². The van der Waals surface area contributed by atoms with Gasteiger partial charge in [-0.05, 0) is 35.4 Å². The van der Waals surface area contributed by atoms with Gasteiger partial charge in [-0.25, -0.2) is 9.37 Å². The first-order valence-electron chi connectivity index (χ1n) is 6.56. The molecule has 3 aromatic rings. The molecule has 0 saturated heterocycles. The maximum absolute atomic E-state index is 13.2. The van der Waals surface area contributed by atoms with Crippen molar-refractivity contribution < 1.29 is 4.39 Å². The fourth-order valence-corrected chi connectivity index (χ4v) is 2.40. The van der Waals surface area contributed by atoms with Gasteiger partial charge in [0.1, 0.15) is 11.6 Å². The molecular weight excluding hydrogens is 253 g/mol. The minimum absolute atomic E-state index is 0.216. The first-order valence-corrected chi connectivity index (χ1v) is 6.56. The molecule has 0 atom stereocenters. The molecule has 0 aliphatic heterocycles. The highest BCUT2D eigenvalue weighted by Crippen LogP contribution is 2.19. The lowest BCUT2D eigenvalue weighted by molar-refractivity contribution is 0.625. The third-order valence-electron chi connectivity index (χ3n) is 3.52. The zero-order valence-electron chi connectivity index (χ0n) is 11.3. The summed E-state index contributed by atoms with van der Waals surface area (Å²) >= 11 is 0. The van der Waals surface area contributed by atoms with Gasteiger partial charge in [-0.2, -0.15) is 0 Å². The van der Waals surface area contributed by atoms with Gasteiger partial charge in [-0.1, -0.05) is 18.2 Å². The lowest BCUT2D eigenvalue weighted by atomic mass is 10.1. The number of imidazole rings is 1. The predicted octanol–water partition coefficient (Wildman–Crippen LogP) is 2.76. The molecule has 0 saturated carbocycles. The average Bonchev–Trinajstić information content (AvgIpc) is 2.75. The van der Waals surface area contributed by atoms with Crippen LogP contribution in [0.5, 0.6) is 0 Å². The molecule has 0 spiro atoms. The SMILES string of the molecule is Cn1c(Cc2cccc(F)c2)nc2ccc(CN)cc21. The lowest BCUT2D eigenvalue weighted by Crippen LogP contribution is -2.00. The number of aryl methyl sites for hydroxylation is 1. The van der Waals surface area contributed by atoms with Gasteiger partial charge < -0.3 is 10.3 Å². The molecule has 3 nitrogen and oxygen atoms in total. The molecular formula is C16H16FN3. The highest BCUT2D eigenvalue weighted by Gasteiger charge is 2.09. The number of nitrogens with zero attached hydrogens (tertiary/aromatic N) is 2. The Balaban J connectivity index is 2.02. The number of aromatic nitrogens is 2. The zero-order valence-corrected chi connectivity index (χ0v) is 11.3. The molecule has 102 valence electrons. The second-order valence-electron chi connectivity index (χ2n) is 4.92. The van der Waals surface area contributed by atoms with Crippen LogP contribution in [0.4, 0.5) is 4.39 Å². The van der Waals surface area contributed by atoms with Crippen LogP contribution in [0, 0.1) is 5.82 Å². The first kappa shape index (κ1) is 12.8. The molecule has 4 heteroatoms. The quantitative estimate of drug-likeness (QED) is 0.794. The second-order valence-corrected chi connectivity index (χ2v) is 4.92. The fourth-order valence-electron chi connectivity index (χ4n) is 2.40. The zero-order chi connectivity index (χ0) is 14.1. The molecule has 0 aliphatic carbocycles. The predicted molar refractivity (Wildman–Crippen MR) is 77.8 cm³/mol. The van der Waals surface area contributed by atoms with Gasteiger partial charge in [0.15, 0.2) is 0 Å². The maximum atomic E-state index is 13.2. The smallest absolute Gasteiger partial charge is 0.123 e. The minimum Gasteiger partial charge on any atom is -0.331 e. The van der Waals surface area contributed by atoms with E-state index in [0.717, 1.165) is 28.0 Å². The summed E-state index contributed by atoms with van der Waals surface area (Å²) in [7, 11) is 1.98. The van der Waals surface area contributed by atoms with E-state index in [1.807, 2.05) is 29.8 Å². The number of nitrogens with two attached hydrogens (primary N) is 1. The highest BCUT2D eigenvalue weighted by atomic mass is 19.1. The molecule has 0 fully saturated rings. The Kier molecular flexibility index (Phi) is 3.24. The van der Waals surface area contributed by atoms with Crippen LogP contribution in [-0.4, -0.2) is 9.55 Å². The van der Waals surface area contributed by atoms with Crippen molar-refractivity contribution in [2.45, 2.75) is 13.0 Å². The molecule has 0 radical (unpaired) electrons. The molecule has 2 N–H and O–H groups in total. The van der Waals surface area contributed by atoms with Gasteiger partial charge in [0.05, 0.1) is 11.0 Å². The summed E-state index contributed by atoms with van der Waals surface area (Å²) in [4.78, 5) is 4.61. The Morgan fingerprint density at radius 2 is 2.00 bits per heavy atom. The second kappa shape index (κ2) is 5.06. The van der Waals surface area contributed by atoms with E-state index in [9.17, 15) is 4.39 Å². The number of hydrogen-bond acceptors (Lipinski definition) is 2. The number of fused-ring (bicyclic) bond motifs is 1. The van der Waals surface area contributed by atoms with Crippen LogP contribution in [0.2, 0.25) is 0 Å². The molecule has 2 aromatic carbocycles. The van der Waals surface area contributed by atoms with Gasteiger partial charge in [0.25, 0.3) is 0 Å². The lowest BCUT2D eigenvalue weighted by Gasteiger charge is -2.03. The third kappa shape index (κ3) is 2.30. The summed E-state index contributed by atoms with van der Waals surface area (Å²) < 4.78 is 15.3. The summed E-state index contributed by atoms with van der Waals surface area (Å²) in [5, 5.41) is 0. The van der Waals surface area contributed by atoms with E-state index in [4.69, 9.17) is 5.73 Å². The molecule has 1 heterocycles. The monoisotopic (exact) mass is 269 g/mol. The van der Waals surface area contributed by atoms with Crippen LogP contribution in [0.15, 0.2) is 42.5 Å². The standard InChI is InChI=1S/C16H16FN3/c1-20-15-8-12(10-18)5-6-14(15)19-16(20)9-11-3-2-4-13(17)7-11/h2-8H,9-10,18H2,1H3. The van der Waals surface area contributed by atoms with E-state index in [2.05, 4.69) is 11.1 Å². The van der Waals surface area contributed by atoms with E-state index in [-0.39, 0.29) is 5.82 Å². The summed E-state index contributed by atoms with van der Waals surface area (Å²) in [6.07, 6.45) is 0.612. The summed E-state index contributed by atoms with van der Waals surface area (Å²) in [5.41, 5.74) is 9.66. The first-order chi connectivity index (χ1) is 9.67. The van der Waals surface area contributed by atoms with Crippen LogP contribution in [0.3, 0.4) is 0 Å². The van der Waals surface area contributed by atoms with Gasteiger partial charge in [0.2, 0.25) is 0 Å². The molecule has 0 bridgehead atoms. The Morgan fingerprint density at radius 1 is 1.15 bits per heavy atom. The molecule has 20 heavy (non-hydrogen) atoms. The average molecular weight is 269 g/mol. The third-order valence-corrected chi connectivity index (χ3v) is 3.52. The van der Waals surface area contributed by atoms with Crippen molar-refractivity contribution in [3.8, 4) is 0 Å². The van der Waals surface area contributed by atoms with Crippen LogP contribution in [0.25, 0.3) is 11.0 Å². The minimum atomic E-state index is -0.216. The van der Waals surface area contributed by atoms with Crippen molar-refractivity contribution in [1.82, 2.24) is 9.55 Å². The number of halogens is 1. The fraction of sp³-hybridized carbons (Fsp3) is 0.188. The number of hydrogen-bond donors (Lipinski definition) is 1. The Hall–Kier alpha value is -2.20. The van der Waals surface area contributed by atoms with Gasteiger partial charge in [0, 0.05) is 20.0 Å². The van der Waals surface area contributed by atoms with Crippen molar-refractivity contribution in [2.24, 2.45) is 12.8 Å². The number of rotatable bonds is 3.